The predicted molar refractivity (Wildman–Crippen MR) is 76.7 cm³/mol. The molecule has 0 heterocycles. The Balaban J connectivity index is 2.45. The minimum Gasteiger partial charge on any atom is -0.494 e. The lowest BCUT2D eigenvalue weighted by Gasteiger charge is -2.17. The van der Waals surface area contributed by atoms with Gasteiger partial charge in [0.15, 0.2) is 0 Å². The highest BCUT2D eigenvalue weighted by atomic mass is 16.5. The molecule has 1 aromatic rings. The molecule has 0 radical (unpaired) electrons. The van der Waals surface area contributed by atoms with Crippen LogP contribution in [0.2, 0.25) is 0 Å². The number of hydrogen-bond acceptors (Lipinski definition) is 2. The van der Waals surface area contributed by atoms with Crippen molar-refractivity contribution < 1.29 is 4.74 Å². The first kappa shape index (κ1) is 14.6. The van der Waals surface area contributed by atoms with E-state index >= 15 is 0 Å². The number of ether oxygens (including phenoxy) is 1. The quantitative estimate of drug-likeness (QED) is 0.559. The smallest absolute Gasteiger partial charge is 0.124 e. The minimum atomic E-state index is 0.304. The van der Waals surface area contributed by atoms with E-state index in [4.69, 9.17) is 11.2 Å². The van der Waals surface area contributed by atoms with E-state index in [1.807, 2.05) is 25.1 Å². The van der Waals surface area contributed by atoms with Crippen molar-refractivity contribution in [3.05, 3.63) is 29.8 Å². The third-order valence-electron chi connectivity index (χ3n) is 2.88. The van der Waals surface area contributed by atoms with Gasteiger partial charge in [0.2, 0.25) is 0 Å². The molecular weight excluding hydrogens is 222 g/mol. The van der Waals surface area contributed by atoms with Crippen LogP contribution in [0.3, 0.4) is 0 Å². The average molecular weight is 245 g/mol. The third kappa shape index (κ3) is 4.81. The van der Waals surface area contributed by atoms with Crippen molar-refractivity contribution in [2.75, 3.05) is 13.2 Å². The summed E-state index contributed by atoms with van der Waals surface area (Å²) in [5, 5.41) is 3.51. The van der Waals surface area contributed by atoms with E-state index in [9.17, 15) is 0 Å². The fraction of sp³-hybridized carbons (Fsp3) is 0.500. The number of para-hydroxylation sites is 1. The average Bonchev–Trinajstić information content (AvgIpc) is 2.39. The molecule has 1 unspecified atom stereocenters. The zero-order valence-electron chi connectivity index (χ0n) is 11.4. The second kappa shape index (κ2) is 8.60. The molecule has 1 rings (SSSR count). The van der Waals surface area contributed by atoms with Crippen molar-refractivity contribution in [1.29, 1.82) is 0 Å². The first-order valence-electron chi connectivity index (χ1n) is 6.68. The van der Waals surface area contributed by atoms with Crippen molar-refractivity contribution in [2.24, 2.45) is 0 Å². The Morgan fingerprint density at radius 3 is 2.83 bits per heavy atom. The highest BCUT2D eigenvalue weighted by molar-refractivity contribution is 5.35. The number of terminal acetylenes is 1. The Kier molecular flexibility index (Phi) is 6.98. The highest BCUT2D eigenvalue weighted by Crippen LogP contribution is 2.24. The standard InChI is InChI=1S/C16H23NO/c1-4-6-7-10-13-17-14(3)15-11-8-9-12-16(15)18-5-2/h1,8-9,11-12,14,17H,5-7,10,13H2,2-3H3. The Morgan fingerprint density at radius 2 is 2.11 bits per heavy atom. The fourth-order valence-corrected chi connectivity index (χ4v) is 1.91. The van der Waals surface area contributed by atoms with E-state index in [0.29, 0.717) is 12.6 Å². The van der Waals surface area contributed by atoms with Crippen molar-refractivity contribution in [1.82, 2.24) is 5.32 Å². The van der Waals surface area contributed by atoms with Crippen LogP contribution in [0.5, 0.6) is 5.75 Å². The molecule has 2 nitrogen and oxygen atoms in total. The third-order valence-corrected chi connectivity index (χ3v) is 2.88. The maximum atomic E-state index is 5.64. The zero-order valence-corrected chi connectivity index (χ0v) is 11.4. The van der Waals surface area contributed by atoms with E-state index in [1.165, 1.54) is 5.56 Å². The largest absolute Gasteiger partial charge is 0.494 e. The van der Waals surface area contributed by atoms with Gasteiger partial charge in [0.25, 0.3) is 0 Å². The Hall–Kier alpha value is -1.46. The van der Waals surface area contributed by atoms with Crippen LogP contribution in [-0.2, 0) is 0 Å². The monoisotopic (exact) mass is 245 g/mol. The number of hydrogen-bond donors (Lipinski definition) is 1. The first-order chi connectivity index (χ1) is 8.79. The summed E-state index contributed by atoms with van der Waals surface area (Å²) >= 11 is 0. The van der Waals surface area contributed by atoms with Crippen LogP contribution < -0.4 is 10.1 Å². The lowest BCUT2D eigenvalue weighted by atomic mass is 10.1. The SMILES string of the molecule is C#CCCCCNC(C)c1ccccc1OCC. The van der Waals surface area contributed by atoms with E-state index in [1.54, 1.807) is 0 Å². The Bertz CT molecular complexity index is 381. The van der Waals surface area contributed by atoms with Crippen LogP contribution in [0, 0.1) is 12.3 Å². The molecule has 0 aliphatic rings. The lowest BCUT2D eigenvalue weighted by Crippen LogP contribution is -2.20. The predicted octanol–water partition coefficient (Wildman–Crippen LogP) is 3.54. The molecule has 1 N–H and O–H groups in total. The van der Waals surface area contributed by atoms with Gasteiger partial charge in [-0.05, 0) is 39.3 Å². The number of benzene rings is 1. The normalized spacial score (nSPS) is 11.8. The zero-order chi connectivity index (χ0) is 13.2. The first-order valence-corrected chi connectivity index (χ1v) is 6.68. The summed E-state index contributed by atoms with van der Waals surface area (Å²) < 4.78 is 5.64. The summed E-state index contributed by atoms with van der Waals surface area (Å²) in [7, 11) is 0. The van der Waals surface area contributed by atoms with E-state index in [0.717, 1.165) is 31.6 Å². The maximum Gasteiger partial charge on any atom is 0.124 e. The van der Waals surface area contributed by atoms with Crippen LogP contribution in [0.1, 0.15) is 44.7 Å². The molecule has 0 saturated heterocycles. The summed E-state index contributed by atoms with van der Waals surface area (Å²) in [6, 6.07) is 8.50. The van der Waals surface area contributed by atoms with Crippen LogP contribution >= 0.6 is 0 Å². The van der Waals surface area contributed by atoms with Crippen molar-refractivity contribution >= 4 is 0 Å². The molecule has 0 bridgehead atoms. The van der Waals surface area contributed by atoms with Gasteiger partial charge in [-0.15, -0.1) is 12.3 Å². The molecule has 18 heavy (non-hydrogen) atoms. The molecule has 0 saturated carbocycles. The summed E-state index contributed by atoms with van der Waals surface area (Å²) in [5.41, 5.74) is 1.22. The number of nitrogens with one attached hydrogen (secondary N) is 1. The number of rotatable bonds is 8. The van der Waals surface area contributed by atoms with Gasteiger partial charge in [-0.2, -0.15) is 0 Å². The molecule has 0 aliphatic heterocycles. The highest BCUT2D eigenvalue weighted by Gasteiger charge is 2.09. The van der Waals surface area contributed by atoms with Gasteiger partial charge in [0.05, 0.1) is 6.61 Å². The molecular formula is C16H23NO. The summed E-state index contributed by atoms with van der Waals surface area (Å²) in [6.45, 7) is 5.86. The van der Waals surface area contributed by atoms with Crippen LogP contribution in [0.15, 0.2) is 24.3 Å². The van der Waals surface area contributed by atoms with Gasteiger partial charge in [-0.1, -0.05) is 18.2 Å². The van der Waals surface area contributed by atoms with Gasteiger partial charge in [0.1, 0.15) is 5.75 Å². The van der Waals surface area contributed by atoms with Crippen LogP contribution in [0.25, 0.3) is 0 Å². The van der Waals surface area contributed by atoms with Crippen LogP contribution in [0.4, 0.5) is 0 Å². The molecule has 98 valence electrons. The van der Waals surface area contributed by atoms with Crippen molar-refractivity contribution in [3.8, 4) is 18.1 Å². The summed E-state index contributed by atoms with van der Waals surface area (Å²) in [5.74, 6) is 3.64. The van der Waals surface area contributed by atoms with E-state index in [2.05, 4.69) is 24.2 Å². The van der Waals surface area contributed by atoms with Gasteiger partial charge < -0.3 is 10.1 Å². The molecule has 2 heteroatoms. The lowest BCUT2D eigenvalue weighted by molar-refractivity contribution is 0.332. The van der Waals surface area contributed by atoms with Crippen molar-refractivity contribution in [2.45, 2.75) is 39.2 Å². The molecule has 0 aliphatic carbocycles. The molecule has 1 aromatic carbocycles. The molecule has 0 aromatic heterocycles. The van der Waals surface area contributed by atoms with Gasteiger partial charge in [-0.3, -0.25) is 0 Å². The second-order valence-electron chi connectivity index (χ2n) is 4.31. The summed E-state index contributed by atoms with van der Waals surface area (Å²) in [4.78, 5) is 0. The van der Waals surface area contributed by atoms with Gasteiger partial charge in [0, 0.05) is 18.0 Å². The molecule has 1 atom stereocenters. The fourth-order valence-electron chi connectivity index (χ4n) is 1.91. The Morgan fingerprint density at radius 1 is 1.33 bits per heavy atom. The molecule has 0 spiro atoms. The van der Waals surface area contributed by atoms with E-state index < -0.39 is 0 Å². The maximum absolute atomic E-state index is 5.64. The van der Waals surface area contributed by atoms with Crippen molar-refractivity contribution in [3.63, 3.8) is 0 Å². The van der Waals surface area contributed by atoms with Gasteiger partial charge in [-0.25, -0.2) is 0 Å². The summed E-state index contributed by atoms with van der Waals surface area (Å²) in [6.07, 6.45) is 8.30. The van der Waals surface area contributed by atoms with Crippen LogP contribution in [-0.4, -0.2) is 13.2 Å². The minimum absolute atomic E-state index is 0.304. The molecule has 0 fully saturated rings. The number of unbranched alkanes of at least 4 members (excludes halogenated alkanes) is 2. The second-order valence-corrected chi connectivity index (χ2v) is 4.31. The van der Waals surface area contributed by atoms with Gasteiger partial charge >= 0.3 is 0 Å². The topological polar surface area (TPSA) is 21.3 Å². The molecule has 0 amide bonds. The Labute approximate surface area is 111 Å². The van der Waals surface area contributed by atoms with E-state index in [-0.39, 0.29) is 0 Å².